The molecule has 0 spiro atoms. The normalized spacial score (nSPS) is 20.4. The van der Waals surface area contributed by atoms with Gasteiger partial charge in [-0.25, -0.2) is 4.98 Å². The Labute approximate surface area is 91.7 Å². The third kappa shape index (κ3) is 2.28. The molecule has 84 valence electrons. The van der Waals surface area contributed by atoms with Gasteiger partial charge in [0.1, 0.15) is 17.6 Å². The zero-order valence-electron chi connectivity index (χ0n) is 8.43. The van der Waals surface area contributed by atoms with E-state index in [1.165, 1.54) is 18.3 Å². The monoisotopic (exact) mass is 221 g/mol. The largest absolute Gasteiger partial charge is 0.508 e. The van der Waals surface area contributed by atoms with Crippen molar-refractivity contribution in [3.05, 3.63) is 18.3 Å². The lowest BCUT2D eigenvalue weighted by Gasteiger charge is -2.22. The van der Waals surface area contributed by atoms with Crippen LogP contribution in [0, 0.1) is 0 Å². The van der Waals surface area contributed by atoms with E-state index in [1.54, 1.807) is 0 Å². The van der Waals surface area contributed by atoms with Crippen molar-refractivity contribution in [2.45, 2.75) is 18.9 Å². The summed E-state index contributed by atoms with van der Waals surface area (Å²) in [5.74, 6) is -0.132. The third-order valence-electron chi connectivity index (χ3n) is 2.30. The first kappa shape index (κ1) is 10.4. The van der Waals surface area contributed by atoms with Crippen LogP contribution in [0.25, 0.3) is 0 Å². The predicted molar refractivity (Wildman–Crippen MR) is 55.7 cm³/mol. The van der Waals surface area contributed by atoms with Gasteiger partial charge >= 0.3 is 0 Å². The highest BCUT2D eigenvalue weighted by Gasteiger charge is 2.26. The zero-order chi connectivity index (χ0) is 11.5. The Hall–Kier alpha value is -2.11. The van der Waals surface area contributed by atoms with Crippen LogP contribution >= 0.6 is 0 Å². The molecular weight excluding hydrogens is 210 g/mol. The molecule has 0 aliphatic carbocycles. The summed E-state index contributed by atoms with van der Waals surface area (Å²) in [5, 5.41) is 14.3. The summed E-state index contributed by atoms with van der Waals surface area (Å²) in [6.45, 7) is 0. The number of hydrogen-bond acceptors (Lipinski definition) is 5. The average molecular weight is 221 g/mol. The van der Waals surface area contributed by atoms with E-state index in [0.717, 1.165) is 0 Å². The maximum absolute atomic E-state index is 11.4. The Morgan fingerprint density at radius 1 is 1.50 bits per heavy atom. The van der Waals surface area contributed by atoms with Gasteiger partial charge in [0.25, 0.3) is 0 Å². The number of piperidine rings is 1. The molecule has 2 rings (SSSR count). The number of amides is 2. The fourth-order valence-corrected chi connectivity index (χ4v) is 1.51. The van der Waals surface area contributed by atoms with Crippen LogP contribution in [0.4, 0.5) is 5.82 Å². The van der Waals surface area contributed by atoms with Crippen LogP contribution in [0.3, 0.4) is 0 Å². The third-order valence-corrected chi connectivity index (χ3v) is 2.30. The van der Waals surface area contributed by atoms with Crippen molar-refractivity contribution in [1.82, 2.24) is 10.3 Å². The van der Waals surface area contributed by atoms with Gasteiger partial charge in [-0.3, -0.25) is 14.9 Å². The van der Waals surface area contributed by atoms with Crippen LogP contribution in [0.2, 0.25) is 0 Å². The molecule has 16 heavy (non-hydrogen) atoms. The summed E-state index contributed by atoms with van der Waals surface area (Å²) < 4.78 is 0. The molecule has 0 radical (unpaired) electrons. The summed E-state index contributed by atoms with van der Waals surface area (Å²) in [4.78, 5) is 26.3. The molecule has 1 fully saturated rings. The Morgan fingerprint density at radius 3 is 3.00 bits per heavy atom. The second kappa shape index (κ2) is 4.18. The first-order valence-corrected chi connectivity index (χ1v) is 4.90. The van der Waals surface area contributed by atoms with Crippen molar-refractivity contribution in [3.63, 3.8) is 0 Å². The highest BCUT2D eigenvalue weighted by molar-refractivity contribution is 6.01. The van der Waals surface area contributed by atoms with Crippen LogP contribution < -0.4 is 10.6 Å². The predicted octanol–water partition coefficient (Wildman–Crippen LogP) is 0.00430. The molecule has 0 aromatic carbocycles. The van der Waals surface area contributed by atoms with Crippen molar-refractivity contribution in [3.8, 4) is 5.75 Å². The fourth-order valence-electron chi connectivity index (χ4n) is 1.51. The van der Waals surface area contributed by atoms with Crippen molar-refractivity contribution in [2.75, 3.05) is 5.32 Å². The number of imide groups is 1. The number of anilines is 1. The molecular formula is C10H11N3O3. The number of aromatic hydroxyl groups is 1. The zero-order valence-corrected chi connectivity index (χ0v) is 8.43. The minimum atomic E-state index is -0.480. The van der Waals surface area contributed by atoms with Gasteiger partial charge in [0.2, 0.25) is 11.8 Å². The Kier molecular flexibility index (Phi) is 2.72. The number of nitrogens with zero attached hydrogens (tertiary/aromatic N) is 1. The summed E-state index contributed by atoms with van der Waals surface area (Å²) in [7, 11) is 0. The minimum absolute atomic E-state index is 0.0739. The Balaban J connectivity index is 2.05. The highest BCUT2D eigenvalue weighted by atomic mass is 16.3. The highest BCUT2D eigenvalue weighted by Crippen LogP contribution is 2.15. The molecule has 1 aliphatic heterocycles. The molecule has 1 saturated heterocycles. The lowest BCUT2D eigenvalue weighted by Crippen LogP contribution is -2.47. The average Bonchev–Trinajstić information content (AvgIpc) is 2.22. The van der Waals surface area contributed by atoms with E-state index in [-0.39, 0.29) is 17.6 Å². The van der Waals surface area contributed by atoms with E-state index in [9.17, 15) is 14.7 Å². The van der Waals surface area contributed by atoms with E-state index < -0.39 is 6.04 Å². The second-order valence-electron chi connectivity index (χ2n) is 3.55. The summed E-state index contributed by atoms with van der Waals surface area (Å²) in [6, 6.07) is 2.38. The molecule has 1 aromatic rings. The topological polar surface area (TPSA) is 91.3 Å². The molecule has 0 bridgehead atoms. The van der Waals surface area contributed by atoms with Crippen LogP contribution in [0.1, 0.15) is 12.8 Å². The lowest BCUT2D eigenvalue weighted by molar-refractivity contribution is -0.133. The number of pyridine rings is 1. The van der Waals surface area contributed by atoms with Gasteiger partial charge < -0.3 is 10.4 Å². The van der Waals surface area contributed by atoms with E-state index in [2.05, 4.69) is 15.6 Å². The van der Waals surface area contributed by atoms with Crippen molar-refractivity contribution >= 4 is 17.6 Å². The first-order chi connectivity index (χ1) is 7.65. The summed E-state index contributed by atoms with van der Waals surface area (Å²) >= 11 is 0. The van der Waals surface area contributed by atoms with Crippen molar-refractivity contribution in [2.24, 2.45) is 0 Å². The summed E-state index contributed by atoms with van der Waals surface area (Å²) in [6.07, 6.45) is 2.17. The molecule has 1 aromatic heterocycles. The first-order valence-electron chi connectivity index (χ1n) is 4.90. The molecule has 6 nitrogen and oxygen atoms in total. The molecule has 2 heterocycles. The van der Waals surface area contributed by atoms with Crippen LogP contribution in [-0.2, 0) is 9.59 Å². The summed E-state index contributed by atoms with van der Waals surface area (Å²) in [5.41, 5.74) is 0. The van der Waals surface area contributed by atoms with Gasteiger partial charge in [0.15, 0.2) is 0 Å². The molecule has 2 amide bonds. The standard InChI is InChI=1S/C10H11N3O3/c14-6-3-4-11-8(5-6)12-7-1-2-9(15)13-10(7)16/h3-5,7H,1-2H2,(H2,11,12,14)(H,13,15,16). The van der Waals surface area contributed by atoms with E-state index in [0.29, 0.717) is 18.7 Å². The number of hydrogen-bond donors (Lipinski definition) is 3. The fraction of sp³-hybridized carbons (Fsp3) is 0.300. The van der Waals surface area contributed by atoms with Gasteiger partial charge in [0.05, 0.1) is 0 Å². The lowest BCUT2D eigenvalue weighted by atomic mass is 10.1. The molecule has 0 saturated carbocycles. The minimum Gasteiger partial charge on any atom is -0.508 e. The number of aromatic nitrogens is 1. The molecule has 1 atom stereocenters. The number of nitrogens with one attached hydrogen (secondary N) is 2. The molecule has 1 unspecified atom stereocenters. The van der Waals surface area contributed by atoms with Crippen LogP contribution in [0.5, 0.6) is 5.75 Å². The Morgan fingerprint density at radius 2 is 2.31 bits per heavy atom. The smallest absolute Gasteiger partial charge is 0.249 e. The SMILES string of the molecule is O=C1CCC(Nc2cc(O)ccn2)C(=O)N1. The van der Waals surface area contributed by atoms with Gasteiger partial charge in [0, 0.05) is 18.7 Å². The van der Waals surface area contributed by atoms with Crippen LogP contribution in [-0.4, -0.2) is 27.9 Å². The number of carbonyl (C=O) groups is 2. The van der Waals surface area contributed by atoms with Crippen molar-refractivity contribution in [1.29, 1.82) is 0 Å². The van der Waals surface area contributed by atoms with Crippen molar-refractivity contribution < 1.29 is 14.7 Å². The van der Waals surface area contributed by atoms with E-state index in [4.69, 9.17) is 0 Å². The van der Waals surface area contributed by atoms with Gasteiger partial charge in [-0.05, 0) is 12.5 Å². The number of rotatable bonds is 2. The quantitative estimate of drug-likeness (QED) is 0.612. The number of carbonyl (C=O) groups excluding carboxylic acids is 2. The van der Waals surface area contributed by atoms with Gasteiger partial charge in [-0.1, -0.05) is 0 Å². The Bertz CT molecular complexity index is 433. The second-order valence-corrected chi connectivity index (χ2v) is 3.55. The maximum Gasteiger partial charge on any atom is 0.249 e. The molecule has 3 N–H and O–H groups in total. The molecule has 1 aliphatic rings. The van der Waals surface area contributed by atoms with Gasteiger partial charge in [-0.2, -0.15) is 0 Å². The van der Waals surface area contributed by atoms with Crippen LogP contribution in [0.15, 0.2) is 18.3 Å². The van der Waals surface area contributed by atoms with Gasteiger partial charge in [-0.15, -0.1) is 0 Å². The molecule has 6 heteroatoms. The van der Waals surface area contributed by atoms with E-state index in [1.807, 2.05) is 0 Å². The maximum atomic E-state index is 11.4. The van der Waals surface area contributed by atoms with E-state index >= 15 is 0 Å².